The number of rotatable bonds is 3. The van der Waals surface area contributed by atoms with Gasteiger partial charge in [0.15, 0.2) is 0 Å². The molecule has 0 aliphatic rings. The average Bonchev–Trinajstić information content (AvgIpc) is 2.54. The van der Waals surface area contributed by atoms with Crippen LogP contribution in [0.15, 0.2) is 6.20 Å². The van der Waals surface area contributed by atoms with Crippen molar-refractivity contribution < 1.29 is 18.3 Å². The molecule has 0 bridgehead atoms. The molecule has 0 aliphatic carbocycles. The maximum absolute atomic E-state index is 12.3. The molecule has 0 saturated carbocycles. The Hall–Kier alpha value is -1.08. The first kappa shape index (κ1) is 11.0. The number of nitrogens with two attached hydrogens (primary N) is 1. The number of aliphatic hydroxyl groups is 1. The fourth-order valence-corrected chi connectivity index (χ4v) is 1.13. The van der Waals surface area contributed by atoms with Crippen LogP contribution in [0.2, 0.25) is 0 Å². The zero-order chi connectivity index (χ0) is 10.8. The summed E-state index contributed by atoms with van der Waals surface area (Å²) >= 11 is 0. The Morgan fingerprint density at radius 1 is 1.57 bits per heavy atom. The minimum atomic E-state index is -4.49. The Morgan fingerprint density at radius 2 is 2.21 bits per heavy atom. The fraction of sp³-hybridized carbons (Fsp3) is 0.571. The van der Waals surface area contributed by atoms with Gasteiger partial charge in [0.2, 0.25) is 0 Å². The monoisotopic (exact) mass is 209 g/mol. The summed E-state index contributed by atoms with van der Waals surface area (Å²) in [6, 6.07) is 0. The van der Waals surface area contributed by atoms with Crippen LogP contribution in [-0.4, -0.2) is 28.5 Å². The van der Waals surface area contributed by atoms with Gasteiger partial charge in [0.1, 0.15) is 5.69 Å². The van der Waals surface area contributed by atoms with Crippen molar-refractivity contribution in [2.45, 2.75) is 12.1 Å². The lowest BCUT2D eigenvalue weighted by atomic mass is 10.0. The molecule has 1 heterocycles. The first-order valence-electron chi connectivity index (χ1n) is 3.92. The van der Waals surface area contributed by atoms with Crippen molar-refractivity contribution in [2.24, 2.45) is 5.73 Å². The van der Waals surface area contributed by atoms with Crippen LogP contribution in [0.5, 0.6) is 0 Å². The topological polar surface area (TPSA) is 74.9 Å². The molecule has 0 spiro atoms. The smallest absolute Gasteiger partial charge is 0.396 e. The van der Waals surface area contributed by atoms with Gasteiger partial charge in [0.25, 0.3) is 0 Å². The second kappa shape index (κ2) is 3.97. The minimum absolute atomic E-state index is 0.0564. The molecule has 0 saturated heterocycles. The van der Waals surface area contributed by atoms with Crippen molar-refractivity contribution in [3.05, 3.63) is 17.5 Å². The van der Waals surface area contributed by atoms with Crippen LogP contribution in [-0.2, 0) is 6.18 Å². The van der Waals surface area contributed by atoms with E-state index < -0.39 is 24.4 Å². The third-order valence-corrected chi connectivity index (χ3v) is 1.90. The van der Waals surface area contributed by atoms with E-state index in [0.29, 0.717) is 0 Å². The number of hydrogen-bond donors (Lipinski definition) is 3. The molecule has 7 heteroatoms. The van der Waals surface area contributed by atoms with E-state index in [0.717, 1.165) is 6.20 Å². The van der Waals surface area contributed by atoms with Gasteiger partial charge in [-0.05, 0) is 0 Å². The Morgan fingerprint density at radius 3 is 2.64 bits per heavy atom. The van der Waals surface area contributed by atoms with E-state index in [9.17, 15) is 13.2 Å². The van der Waals surface area contributed by atoms with Crippen LogP contribution < -0.4 is 5.73 Å². The molecule has 1 aromatic heterocycles. The average molecular weight is 209 g/mol. The highest BCUT2D eigenvalue weighted by Crippen LogP contribution is 2.32. The lowest BCUT2D eigenvalue weighted by Crippen LogP contribution is -2.19. The number of nitrogens with one attached hydrogen (secondary N) is 1. The second-order valence-corrected chi connectivity index (χ2v) is 2.81. The van der Waals surface area contributed by atoms with Gasteiger partial charge in [-0.2, -0.15) is 18.3 Å². The van der Waals surface area contributed by atoms with Crippen LogP contribution >= 0.6 is 0 Å². The van der Waals surface area contributed by atoms with E-state index >= 15 is 0 Å². The molecule has 1 unspecified atom stereocenters. The number of H-pyrrole nitrogens is 1. The minimum Gasteiger partial charge on any atom is -0.396 e. The van der Waals surface area contributed by atoms with Gasteiger partial charge in [-0.1, -0.05) is 0 Å². The third-order valence-electron chi connectivity index (χ3n) is 1.90. The number of alkyl halides is 3. The summed E-state index contributed by atoms with van der Waals surface area (Å²) in [5, 5.41) is 13.9. The van der Waals surface area contributed by atoms with Gasteiger partial charge in [0.05, 0.1) is 12.8 Å². The van der Waals surface area contributed by atoms with E-state index in [2.05, 4.69) is 5.10 Å². The van der Waals surface area contributed by atoms with Crippen molar-refractivity contribution in [3.8, 4) is 0 Å². The maximum Gasteiger partial charge on any atom is 0.433 e. The van der Waals surface area contributed by atoms with Crippen LogP contribution in [0, 0.1) is 0 Å². The van der Waals surface area contributed by atoms with E-state index in [1.165, 1.54) is 0 Å². The van der Waals surface area contributed by atoms with Crippen LogP contribution in [0.1, 0.15) is 17.2 Å². The first-order valence-corrected chi connectivity index (χ1v) is 3.92. The normalized spacial score (nSPS) is 14.4. The van der Waals surface area contributed by atoms with Crippen molar-refractivity contribution in [1.29, 1.82) is 0 Å². The molecule has 4 nitrogen and oxygen atoms in total. The Labute approximate surface area is 77.9 Å². The van der Waals surface area contributed by atoms with Gasteiger partial charge < -0.3 is 10.8 Å². The van der Waals surface area contributed by atoms with Gasteiger partial charge >= 0.3 is 6.18 Å². The van der Waals surface area contributed by atoms with Gasteiger partial charge in [-0.3, -0.25) is 5.10 Å². The molecular weight excluding hydrogens is 199 g/mol. The molecule has 80 valence electrons. The summed E-state index contributed by atoms with van der Waals surface area (Å²) < 4.78 is 37.0. The Balaban J connectivity index is 3.03. The zero-order valence-electron chi connectivity index (χ0n) is 7.17. The van der Waals surface area contributed by atoms with Gasteiger partial charge in [-0.15, -0.1) is 0 Å². The summed E-state index contributed by atoms with van der Waals surface area (Å²) in [7, 11) is 0. The highest BCUT2D eigenvalue weighted by atomic mass is 19.4. The van der Waals surface area contributed by atoms with E-state index in [1.807, 2.05) is 5.10 Å². The summed E-state index contributed by atoms with van der Waals surface area (Å²) in [6.07, 6.45) is -3.45. The third kappa shape index (κ3) is 2.05. The van der Waals surface area contributed by atoms with Gasteiger partial charge in [-0.25, -0.2) is 0 Å². The largest absolute Gasteiger partial charge is 0.433 e. The predicted molar refractivity (Wildman–Crippen MR) is 42.5 cm³/mol. The Bertz CT molecular complexity index is 293. The van der Waals surface area contributed by atoms with Crippen LogP contribution in [0.4, 0.5) is 13.2 Å². The zero-order valence-corrected chi connectivity index (χ0v) is 7.17. The standard InChI is InChI=1S/C7H10F3N3O/c8-7(9,10)6-5(2-12-13-6)4(1-11)3-14/h2,4,14H,1,3,11H2,(H,12,13). The SMILES string of the molecule is NCC(CO)c1cn[nH]c1C(F)(F)F. The molecule has 1 rings (SSSR count). The molecule has 0 amide bonds. The van der Waals surface area contributed by atoms with Gasteiger partial charge in [0, 0.05) is 18.0 Å². The maximum atomic E-state index is 12.3. The summed E-state index contributed by atoms with van der Waals surface area (Å²) in [6.45, 7) is -0.488. The lowest BCUT2D eigenvalue weighted by Gasteiger charge is -2.13. The summed E-state index contributed by atoms with van der Waals surface area (Å²) in [4.78, 5) is 0. The number of halogens is 3. The molecular formula is C7H10F3N3O. The number of nitrogens with zero attached hydrogens (tertiary/aromatic N) is 1. The van der Waals surface area contributed by atoms with E-state index in [4.69, 9.17) is 10.8 Å². The summed E-state index contributed by atoms with van der Waals surface area (Å²) in [5.74, 6) is -0.731. The van der Waals surface area contributed by atoms with Crippen molar-refractivity contribution in [1.82, 2.24) is 10.2 Å². The highest BCUT2D eigenvalue weighted by molar-refractivity contribution is 5.24. The predicted octanol–water partition coefficient (Wildman–Crippen LogP) is 0.463. The van der Waals surface area contributed by atoms with E-state index in [-0.39, 0.29) is 12.1 Å². The molecule has 1 aromatic rings. The molecule has 1 atom stereocenters. The fourth-order valence-electron chi connectivity index (χ4n) is 1.13. The quantitative estimate of drug-likeness (QED) is 0.677. The first-order chi connectivity index (χ1) is 6.50. The highest BCUT2D eigenvalue weighted by Gasteiger charge is 2.37. The molecule has 14 heavy (non-hydrogen) atoms. The van der Waals surface area contributed by atoms with Crippen molar-refractivity contribution in [2.75, 3.05) is 13.2 Å². The van der Waals surface area contributed by atoms with Crippen molar-refractivity contribution in [3.63, 3.8) is 0 Å². The van der Waals surface area contributed by atoms with Crippen molar-refractivity contribution >= 4 is 0 Å². The number of hydrogen-bond acceptors (Lipinski definition) is 3. The lowest BCUT2D eigenvalue weighted by molar-refractivity contribution is -0.142. The summed E-state index contributed by atoms with van der Waals surface area (Å²) in [5.41, 5.74) is 4.18. The molecule has 0 fully saturated rings. The second-order valence-electron chi connectivity index (χ2n) is 2.81. The number of aromatic nitrogens is 2. The number of aliphatic hydroxyl groups excluding tert-OH is 1. The molecule has 0 aromatic carbocycles. The van der Waals surface area contributed by atoms with Crippen LogP contribution in [0.25, 0.3) is 0 Å². The molecule has 0 aliphatic heterocycles. The number of aromatic amines is 1. The van der Waals surface area contributed by atoms with Crippen LogP contribution in [0.3, 0.4) is 0 Å². The van der Waals surface area contributed by atoms with E-state index in [1.54, 1.807) is 0 Å². The Kier molecular flexibility index (Phi) is 3.12. The molecule has 0 radical (unpaired) electrons. The molecule has 4 N–H and O–H groups in total.